The Labute approximate surface area is 113 Å². The highest BCUT2D eigenvalue weighted by Gasteiger charge is 2.34. The Balaban J connectivity index is 2.16. The minimum Gasteiger partial charge on any atom is -0.345 e. The molecule has 1 aromatic carbocycles. The zero-order chi connectivity index (χ0) is 13.0. The molecule has 0 aromatic heterocycles. The number of thioether (sulfide) groups is 1. The number of nitrogens with one attached hydrogen (secondary N) is 1. The van der Waals surface area contributed by atoms with Crippen molar-refractivity contribution in [2.45, 2.75) is 36.1 Å². The smallest absolute Gasteiger partial charge is 0.252 e. The summed E-state index contributed by atoms with van der Waals surface area (Å²) in [6, 6.07) is 7.71. The molecular formula is C14H20N2OS. The summed E-state index contributed by atoms with van der Waals surface area (Å²) in [5.41, 5.74) is 6.42. The molecule has 0 unspecified atom stereocenters. The second-order valence-electron chi connectivity index (χ2n) is 4.85. The molecule has 0 aliphatic heterocycles. The first-order valence-corrected chi connectivity index (χ1v) is 7.59. The molecule has 4 heteroatoms. The Morgan fingerprint density at radius 1 is 1.39 bits per heavy atom. The Hall–Kier alpha value is -1.00. The zero-order valence-electron chi connectivity index (χ0n) is 10.7. The summed E-state index contributed by atoms with van der Waals surface area (Å²) in [4.78, 5) is 13.4. The van der Waals surface area contributed by atoms with Crippen molar-refractivity contribution < 1.29 is 4.79 Å². The van der Waals surface area contributed by atoms with Crippen molar-refractivity contribution in [1.29, 1.82) is 0 Å². The largest absolute Gasteiger partial charge is 0.345 e. The van der Waals surface area contributed by atoms with Crippen LogP contribution in [0.5, 0.6) is 0 Å². The van der Waals surface area contributed by atoms with Gasteiger partial charge in [0.05, 0.1) is 11.1 Å². The van der Waals surface area contributed by atoms with E-state index in [1.165, 1.54) is 0 Å². The SMILES string of the molecule is CSc1ccccc1C(=O)NC1(CN)CCCC1. The molecule has 1 amide bonds. The minimum absolute atomic E-state index is 0.00676. The second kappa shape index (κ2) is 5.76. The van der Waals surface area contributed by atoms with Gasteiger partial charge in [-0.15, -0.1) is 11.8 Å². The Kier molecular flexibility index (Phi) is 4.30. The lowest BCUT2D eigenvalue weighted by atomic mass is 9.97. The fourth-order valence-electron chi connectivity index (χ4n) is 2.57. The molecule has 0 bridgehead atoms. The highest BCUT2D eigenvalue weighted by molar-refractivity contribution is 7.98. The number of benzene rings is 1. The third kappa shape index (κ3) is 2.70. The van der Waals surface area contributed by atoms with Gasteiger partial charge in [-0.25, -0.2) is 0 Å². The molecule has 0 spiro atoms. The van der Waals surface area contributed by atoms with E-state index in [0.29, 0.717) is 6.54 Å². The normalized spacial score (nSPS) is 17.7. The first-order valence-electron chi connectivity index (χ1n) is 6.36. The van der Waals surface area contributed by atoms with E-state index in [4.69, 9.17) is 5.73 Å². The molecule has 0 saturated heterocycles. The van der Waals surface area contributed by atoms with E-state index in [1.807, 2.05) is 30.5 Å². The fourth-order valence-corrected chi connectivity index (χ4v) is 3.17. The maximum absolute atomic E-state index is 12.4. The third-order valence-corrected chi connectivity index (χ3v) is 4.48. The van der Waals surface area contributed by atoms with E-state index in [1.54, 1.807) is 11.8 Å². The van der Waals surface area contributed by atoms with Gasteiger partial charge in [0.15, 0.2) is 0 Å². The van der Waals surface area contributed by atoms with Crippen LogP contribution in [0.4, 0.5) is 0 Å². The molecule has 0 atom stereocenters. The van der Waals surface area contributed by atoms with Crippen LogP contribution in [0, 0.1) is 0 Å². The highest BCUT2D eigenvalue weighted by Crippen LogP contribution is 2.29. The molecule has 0 radical (unpaired) electrons. The number of carbonyl (C=O) groups excluding carboxylic acids is 1. The van der Waals surface area contributed by atoms with Crippen LogP contribution in [0.15, 0.2) is 29.2 Å². The molecule has 2 rings (SSSR count). The number of hydrogen-bond acceptors (Lipinski definition) is 3. The number of nitrogens with two attached hydrogens (primary N) is 1. The Bertz CT molecular complexity index is 428. The molecule has 1 aliphatic rings. The van der Waals surface area contributed by atoms with Crippen LogP contribution in [0.1, 0.15) is 36.0 Å². The van der Waals surface area contributed by atoms with E-state index in [-0.39, 0.29) is 11.4 Å². The first kappa shape index (κ1) is 13.4. The summed E-state index contributed by atoms with van der Waals surface area (Å²) in [6.45, 7) is 0.528. The molecule has 1 aromatic rings. The van der Waals surface area contributed by atoms with Gasteiger partial charge in [-0.3, -0.25) is 4.79 Å². The topological polar surface area (TPSA) is 55.1 Å². The van der Waals surface area contributed by atoms with Gasteiger partial charge in [0.1, 0.15) is 0 Å². The molecule has 1 saturated carbocycles. The third-order valence-electron chi connectivity index (χ3n) is 3.68. The number of amides is 1. The number of rotatable bonds is 4. The van der Waals surface area contributed by atoms with Gasteiger partial charge in [0, 0.05) is 11.4 Å². The summed E-state index contributed by atoms with van der Waals surface area (Å²) < 4.78 is 0. The van der Waals surface area contributed by atoms with Gasteiger partial charge in [-0.1, -0.05) is 25.0 Å². The molecular weight excluding hydrogens is 244 g/mol. The van der Waals surface area contributed by atoms with E-state index in [2.05, 4.69) is 5.32 Å². The molecule has 3 nitrogen and oxygen atoms in total. The fraction of sp³-hybridized carbons (Fsp3) is 0.500. The zero-order valence-corrected chi connectivity index (χ0v) is 11.6. The molecule has 0 heterocycles. The van der Waals surface area contributed by atoms with Crippen molar-refractivity contribution in [3.05, 3.63) is 29.8 Å². The van der Waals surface area contributed by atoms with Gasteiger partial charge in [-0.05, 0) is 31.2 Å². The van der Waals surface area contributed by atoms with Gasteiger partial charge >= 0.3 is 0 Å². The van der Waals surface area contributed by atoms with Gasteiger partial charge in [-0.2, -0.15) is 0 Å². The minimum atomic E-state index is -0.178. The maximum atomic E-state index is 12.4. The van der Waals surface area contributed by atoms with Crippen molar-refractivity contribution in [2.75, 3.05) is 12.8 Å². The summed E-state index contributed by atoms with van der Waals surface area (Å²) in [6.07, 6.45) is 6.29. The molecule has 98 valence electrons. The van der Waals surface area contributed by atoms with Crippen LogP contribution in [-0.2, 0) is 0 Å². The lowest BCUT2D eigenvalue weighted by Gasteiger charge is -2.29. The van der Waals surface area contributed by atoms with Crippen molar-refractivity contribution in [3.63, 3.8) is 0 Å². The standard InChI is InChI=1S/C14H20N2OS/c1-18-12-7-3-2-6-11(12)13(17)16-14(10-15)8-4-5-9-14/h2-3,6-7H,4-5,8-10,15H2,1H3,(H,16,17). The van der Waals surface area contributed by atoms with Crippen molar-refractivity contribution in [2.24, 2.45) is 5.73 Å². The van der Waals surface area contributed by atoms with Crippen LogP contribution in [0.25, 0.3) is 0 Å². The second-order valence-corrected chi connectivity index (χ2v) is 5.69. The summed E-state index contributed by atoms with van der Waals surface area (Å²) in [5.74, 6) is 0.00676. The summed E-state index contributed by atoms with van der Waals surface area (Å²) >= 11 is 1.60. The van der Waals surface area contributed by atoms with Gasteiger partial charge in [0.2, 0.25) is 0 Å². The average molecular weight is 264 g/mol. The summed E-state index contributed by atoms with van der Waals surface area (Å²) in [5, 5.41) is 3.16. The van der Waals surface area contributed by atoms with Crippen LogP contribution in [0.2, 0.25) is 0 Å². The Morgan fingerprint density at radius 2 is 2.06 bits per heavy atom. The van der Waals surface area contributed by atoms with Gasteiger partial charge in [0.25, 0.3) is 5.91 Å². The molecule has 18 heavy (non-hydrogen) atoms. The van der Waals surface area contributed by atoms with E-state index >= 15 is 0 Å². The van der Waals surface area contributed by atoms with Crippen LogP contribution < -0.4 is 11.1 Å². The highest BCUT2D eigenvalue weighted by atomic mass is 32.2. The average Bonchev–Trinajstić information content (AvgIpc) is 2.87. The lowest BCUT2D eigenvalue weighted by molar-refractivity contribution is 0.0900. The van der Waals surface area contributed by atoms with E-state index < -0.39 is 0 Å². The maximum Gasteiger partial charge on any atom is 0.252 e. The Morgan fingerprint density at radius 3 is 2.67 bits per heavy atom. The first-order chi connectivity index (χ1) is 8.71. The quantitative estimate of drug-likeness (QED) is 0.821. The monoisotopic (exact) mass is 264 g/mol. The van der Waals surface area contributed by atoms with Crippen molar-refractivity contribution >= 4 is 17.7 Å². The number of carbonyl (C=O) groups is 1. The summed E-state index contributed by atoms with van der Waals surface area (Å²) in [7, 11) is 0. The van der Waals surface area contributed by atoms with Gasteiger partial charge < -0.3 is 11.1 Å². The van der Waals surface area contributed by atoms with E-state index in [9.17, 15) is 4.79 Å². The van der Waals surface area contributed by atoms with Crippen LogP contribution in [0.3, 0.4) is 0 Å². The lowest BCUT2D eigenvalue weighted by Crippen LogP contribution is -2.51. The van der Waals surface area contributed by atoms with Crippen molar-refractivity contribution in [3.8, 4) is 0 Å². The molecule has 1 aliphatic carbocycles. The van der Waals surface area contributed by atoms with Crippen LogP contribution in [-0.4, -0.2) is 24.2 Å². The number of hydrogen-bond donors (Lipinski definition) is 2. The molecule has 3 N–H and O–H groups in total. The van der Waals surface area contributed by atoms with Crippen LogP contribution >= 0.6 is 11.8 Å². The van der Waals surface area contributed by atoms with Crippen molar-refractivity contribution in [1.82, 2.24) is 5.32 Å². The predicted molar refractivity (Wildman–Crippen MR) is 75.9 cm³/mol. The van der Waals surface area contributed by atoms with E-state index in [0.717, 1.165) is 36.1 Å². The predicted octanol–water partition coefficient (Wildman–Crippen LogP) is 2.41. The molecule has 1 fully saturated rings.